The zero-order chi connectivity index (χ0) is 15.8. The maximum Gasteiger partial charge on any atom is 0.328 e. The van der Waals surface area contributed by atoms with Crippen LogP contribution < -0.4 is 0 Å². The van der Waals surface area contributed by atoms with Crippen molar-refractivity contribution in [2.75, 3.05) is 19.7 Å². The van der Waals surface area contributed by atoms with Crippen molar-refractivity contribution in [3.8, 4) is 0 Å². The van der Waals surface area contributed by atoms with Gasteiger partial charge in [-0.3, -0.25) is 4.79 Å². The molecule has 0 spiro atoms. The van der Waals surface area contributed by atoms with E-state index in [2.05, 4.69) is 0 Å². The number of benzene rings is 1. The van der Waals surface area contributed by atoms with Gasteiger partial charge in [-0.25, -0.2) is 4.79 Å². The van der Waals surface area contributed by atoms with E-state index in [-0.39, 0.29) is 12.5 Å². The van der Waals surface area contributed by atoms with Crippen LogP contribution in [0.3, 0.4) is 0 Å². The number of hydrogen-bond donors (Lipinski definition) is 2. The zero-order valence-electron chi connectivity index (χ0n) is 12.4. The molecule has 0 unspecified atom stereocenters. The Morgan fingerprint density at radius 1 is 1.29 bits per heavy atom. The van der Waals surface area contributed by atoms with Crippen molar-refractivity contribution in [2.45, 2.75) is 20.3 Å². The summed E-state index contributed by atoms with van der Waals surface area (Å²) in [5.41, 5.74) is 2.09. The third kappa shape index (κ3) is 5.04. The van der Waals surface area contributed by atoms with Gasteiger partial charge in [-0.05, 0) is 42.7 Å². The second-order valence-corrected chi connectivity index (χ2v) is 4.76. The third-order valence-corrected chi connectivity index (χ3v) is 3.08. The highest BCUT2D eigenvalue weighted by Crippen LogP contribution is 2.15. The predicted octanol–water partition coefficient (Wildman–Crippen LogP) is 1.94. The first-order chi connectivity index (χ1) is 9.99. The number of carboxylic acid groups (broad SMARTS) is 1. The fourth-order valence-electron chi connectivity index (χ4n) is 2.00. The van der Waals surface area contributed by atoms with Gasteiger partial charge in [0.15, 0.2) is 0 Å². The van der Waals surface area contributed by atoms with Gasteiger partial charge in [0.05, 0.1) is 6.61 Å². The van der Waals surface area contributed by atoms with Gasteiger partial charge in [0.1, 0.15) is 0 Å². The maximum atomic E-state index is 12.4. The minimum atomic E-state index is -1.03. The summed E-state index contributed by atoms with van der Waals surface area (Å²) in [5, 5.41) is 17.7. The molecule has 0 aliphatic carbocycles. The summed E-state index contributed by atoms with van der Waals surface area (Å²) in [7, 11) is 0. The van der Waals surface area contributed by atoms with Crippen molar-refractivity contribution in [1.82, 2.24) is 4.90 Å². The number of aliphatic carboxylic acids is 1. The monoisotopic (exact) mass is 291 g/mol. The summed E-state index contributed by atoms with van der Waals surface area (Å²) in [5.74, 6) is -1.19. The summed E-state index contributed by atoms with van der Waals surface area (Å²) in [6.45, 7) is 4.61. The molecule has 2 N–H and O–H groups in total. The lowest BCUT2D eigenvalue weighted by molar-refractivity contribution is -0.131. The van der Waals surface area contributed by atoms with Gasteiger partial charge in [0, 0.05) is 24.7 Å². The van der Waals surface area contributed by atoms with Crippen molar-refractivity contribution >= 4 is 18.0 Å². The molecule has 114 valence electrons. The Morgan fingerprint density at radius 3 is 2.57 bits per heavy atom. The number of amides is 1. The van der Waals surface area contributed by atoms with Gasteiger partial charge in [0.2, 0.25) is 0 Å². The molecule has 0 heterocycles. The Balaban J connectivity index is 3.04. The van der Waals surface area contributed by atoms with E-state index in [4.69, 9.17) is 10.2 Å². The van der Waals surface area contributed by atoms with Crippen LogP contribution in [0, 0.1) is 6.92 Å². The second kappa shape index (κ2) is 8.21. The molecule has 0 fully saturated rings. The molecule has 1 aromatic rings. The second-order valence-electron chi connectivity index (χ2n) is 4.76. The first kappa shape index (κ1) is 16.9. The number of carboxylic acids is 1. The van der Waals surface area contributed by atoms with Gasteiger partial charge in [-0.1, -0.05) is 13.0 Å². The molecule has 5 nitrogen and oxygen atoms in total. The molecule has 1 aromatic carbocycles. The van der Waals surface area contributed by atoms with Crippen LogP contribution in [0.1, 0.15) is 34.8 Å². The number of aryl methyl sites for hydroxylation is 1. The van der Waals surface area contributed by atoms with E-state index < -0.39 is 5.97 Å². The lowest BCUT2D eigenvalue weighted by Gasteiger charge is -2.21. The van der Waals surface area contributed by atoms with Gasteiger partial charge < -0.3 is 15.1 Å². The van der Waals surface area contributed by atoms with Crippen molar-refractivity contribution in [3.05, 3.63) is 41.0 Å². The van der Waals surface area contributed by atoms with Gasteiger partial charge in [-0.2, -0.15) is 0 Å². The molecule has 0 saturated heterocycles. The number of rotatable bonds is 7. The minimum absolute atomic E-state index is 0.0800. The summed E-state index contributed by atoms with van der Waals surface area (Å²) < 4.78 is 0. The SMILES string of the molecule is CCCN(CCO)C(=O)c1ccc(C)c(/C=C/C(=O)O)c1. The zero-order valence-corrected chi connectivity index (χ0v) is 12.4. The van der Waals surface area contributed by atoms with E-state index in [9.17, 15) is 9.59 Å². The van der Waals surface area contributed by atoms with E-state index >= 15 is 0 Å². The topological polar surface area (TPSA) is 77.8 Å². The third-order valence-electron chi connectivity index (χ3n) is 3.08. The molecule has 0 bridgehead atoms. The maximum absolute atomic E-state index is 12.4. The molecular weight excluding hydrogens is 270 g/mol. The number of aliphatic hydroxyl groups excluding tert-OH is 1. The van der Waals surface area contributed by atoms with Crippen LogP contribution in [0.2, 0.25) is 0 Å². The van der Waals surface area contributed by atoms with Crippen LogP contribution in [0.4, 0.5) is 0 Å². The Morgan fingerprint density at radius 2 is 2.00 bits per heavy atom. The predicted molar refractivity (Wildman–Crippen MR) is 81.1 cm³/mol. The molecule has 0 saturated carbocycles. The molecule has 0 aliphatic rings. The summed E-state index contributed by atoms with van der Waals surface area (Å²) in [6, 6.07) is 5.19. The number of carbonyl (C=O) groups is 2. The molecule has 21 heavy (non-hydrogen) atoms. The normalized spacial score (nSPS) is 10.8. The van der Waals surface area contributed by atoms with E-state index in [1.54, 1.807) is 23.1 Å². The summed E-state index contributed by atoms with van der Waals surface area (Å²) in [4.78, 5) is 24.6. The number of carbonyl (C=O) groups excluding carboxylic acids is 1. The molecule has 1 rings (SSSR count). The fourth-order valence-corrected chi connectivity index (χ4v) is 2.00. The van der Waals surface area contributed by atoms with Crippen LogP contribution in [0.15, 0.2) is 24.3 Å². The van der Waals surface area contributed by atoms with Crippen molar-refractivity contribution in [2.24, 2.45) is 0 Å². The molecule has 0 aliphatic heterocycles. The number of aliphatic hydroxyl groups is 1. The van der Waals surface area contributed by atoms with E-state index in [1.165, 1.54) is 6.08 Å². The van der Waals surface area contributed by atoms with Crippen LogP contribution in [0.25, 0.3) is 6.08 Å². The van der Waals surface area contributed by atoms with Gasteiger partial charge >= 0.3 is 5.97 Å². The molecule has 0 radical (unpaired) electrons. The first-order valence-corrected chi connectivity index (χ1v) is 6.91. The van der Waals surface area contributed by atoms with Crippen LogP contribution in [-0.2, 0) is 4.79 Å². The van der Waals surface area contributed by atoms with Gasteiger partial charge in [-0.15, -0.1) is 0 Å². The molecule has 0 aromatic heterocycles. The quantitative estimate of drug-likeness (QED) is 0.753. The van der Waals surface area contributed by atoms with E-state index in [0.717, 1.165) is 18.1 Å². The molecule has 5 heteroatoms. The number of hydrogen-bond acceptors (Lipinski definition) is 3. The Labute approximate surface area is 124 Å². The summed E-state index contributed by atoms with van der Waals surface area (Å²) >= 11 is 0. The van der Waals surface area contributed by atoms with Crippen molar-refractivity contribution < 1.29 is 19.8 Å². The Hall–Kier alpha value is -2.14. The van der Waals surface area contributed by atoms with Gasteiger partial charge in [0.25, 0.3) is 5.91 Å². The van der Waals surface area contributed by atoms with Crippen molar-refractivity contribution in [3.63, 3.8) is 0 Å². The first-order valence-electron chi connectivity index (χ1n) is 6.91. The van der Waals surface area contributed by atoms with Crippen LogP contribution in [-0.4, -0.2) is 46.7 Å². The Kier molecular flexibility index (Phi) is 6.62. The fraction of sp³-hybridized carbons (Fsp3) is 0.375. The smallest absolute Gasteiger partial charge is 0.328 e. The highest BCUT2D eigenvalue weighted by molar-refractivity contribution is 5.95. The lowest BCUT2D eigenvalue weighted by Crippen LogP contribution is -2.34. The highest BCUT2D eigenvalue weighted by atomic mass is 16.4. The summed E-state index contributed by atoms with van der Waals surface area (Å²) in [6.07, 6.45) is 3.34. The van der Waals surface area contributed by atoms with Crippen LogP contribution in [0.5, 0.6) is 0 Å². The molecular formula is C16H21NO4. The van der Waals surface area contributed by atoms with E-state index in [1.807, 2.05) is 13.8 Å². The Bertz CT molecular complexity index is 531. The highest BCUT2D eigenvalue weighted by Gasteiger charge is 2.15. The molecule has 1 amide bonds. The average Bonchev–Trinajstić information content (AvgIpc) is 2.45. The molecule has 0 atom stereocenters. The number of nitrogens with zero attached hydrogens (tertiary/aromatic N) is 1. The van der Waals surface area contributed by atoms with Crippen molar-refractivity contribution in [1.29, 1.82) is 0 Å². The minimum Gasteiger partial charge on any atom is -0.478 e. The average molecular weight is 291 g/mol. The largest absolute Gasteiger partial charge is 0.478 e. The van der Waals surface area contributed by atoms with E-state index in [0.29, 0.717) is 24.2 Å². The standard InChI is InChI=1S/C16H21NO4/c1-3-8-17(9-10-18)16(21)14-5-4-12(2)13(11-14)6-7-15(19)20/h4-7,11,18H,3,8-10H2,1-2H3,(H,19,20)/b7-6+. The van der Waals surface area contributed by atoms with Crippen LogP contribution >= 0.6 is 0 Å². The lowest BCUT2D eigenvalue weighted by atomic mass is 10.0.